The summed E-state index contributed by atoms with van der Waals surface area (Å²) in [6, 6.07) is 9.63. The van der Waals surface area contributed by atoms with E-state index in [2.05, 4.69) is 10.0 Å². The third-order valence-corrected chi connectivity index (χ3v) is 5.32. The van der Waals surface area contributed by atoms with Crippen LogP contribution in [0, 0.1) is 13.8 Å². The Hall–Kier alpha value is -2.58. The Morgan fingerprint density at radius 2 is 1.81 bits per heavy atom. The minimum Gasteiger partial charge on any atom is -0.495 e. The molecule has 7 nitrogen and oxygen atoms in total. The molecular formula is C19H24N2O5S. The van der Waals surface area contributed by atoms with Crippen molar-refractivity contribution in [2.75, 3.05) is 32.1 Å². The van der Waals surface area contributed by atoms with Crippen LogP contribution in [0.5, 0.6) is 5.75 Å². The highest BCUT2D eigenvalue weighted by Crippen LogP contribution is 2.28. The third-order valence-electron chi connectivity index (χ3n) is 3.96. The van der Waals surface area contributed by atoms with Gasteiger partial charge in [0.1, 0.15) is 5.75 Å². The number of nitrogens with one attached hydrogen (secondary N) is 2. The lowest BCUT2D eigenvalue weighted by Gasteiger charge is -2.14. The SMILES string of the molecule is COCCNC(=O)c1cc(S(=O)(=O)Nc2cc(C)ccc2OC)ccc1C. The second-order valence-corrected chi connectivity index (χ2v) is 7.72. The Labute approximate surface area is 159 Å². The number of amides is 1. The van der Waals surface area contributed by atoms with Crippen LogP contribution in [-0.2, 0) is 14.8 Å². The van der Waals surface area contributed by atoms with Crippen molar-refractivity contribution in [3.05, 3.63) is 53.1 Å². The summed E-state index contributed by atoms with van der Waals surface area (Å²) in [7, 11) is -0.889. The molecule has 0 spiro atoms. The fourth-order valence-corrected chi connectivity index (χ4v) is 3.57. The van der Waals surface area contributed by atoms with Crippen molar-refractivity contribution in [1.29, 1.82) is 0 Å². The molecule has 0 unspecified atom stereocenters. The van der Waals surface area contributed by atoms with Gasteiger partial charge in [0, 0.05) is 19.2 Å². The normalized spacial score (nSPS) is 11.1. The molecular weight excluding hydrogens is 368 g/mol. The predicted molar refractivity (Wildman–Crippen MR) is 104 cm³/mol. The van der Waals surface area contributed by atoms with Crippen molar-refractivity contribution in [1.82, 2.24) is 5.32 Å². The molecule has 0 aliphatic carbocycles. The Morgan fingerprint density at radius 3 is 2.48 bits per heavy atom. The first-order valence-electron chi connectivity index (χ1n) is 8.33. The summed E-state index contributed by atoms with van der Waals surface area (Å²) in [6.07, 6.45) is 0. The minimum atomic E-state index is -3.90. The highest BCUT2D eigenvalue weighted by atomic mass is 32.2. The Morgan fingerprint density at radius 1 is 1.07 bits per heavy atom. The van der Waals surface area contributed by atoms with Crippen LogP contribution < -0.4 is 14.8 Å². The maximum absolute atomic E-state index is 12.8. The monoisotopic (exact) mass is 392 g/mol. The van der Waals surface area contributed by atoms with E-state index >= 15 is 0 Å². The van der Waals surface area contributed by atoms with Gasteiger partial charge in [-0.1, -0.05) is 12.1 Å². The summed E-state index contributed by atoms with van der Waals surface area (Å²) in [5, 5.41) is 2.70. The molecule has 0 saturated carbocycles. The van der Waals surface area contributed by atoms with E-state index in [-0.39, 0.29) is 10.8 Å². The van der Waals surface area contributed by atoms with Gasteiger partial charge in [-0.05, 0) is 49.2 Å². The fourth-order valence-electron chi connectivity index (χ4n) is 2.48. The van der Waals surface area contributed by atoms with E-state index in [1.165, 1.54) is 26.4 Å². The van der Waals surface area contributed by atoms with Gasteiger partial charge in [0.2, 0.25) is 0 Å². The highest BCUT2D eigenvalue weighted by Gasteiger charge is 2.19. The summed E-state index contributed by atoms with van der Waals surface area (Å²) in [4.78, 5) is 12.3. The quantitative estimate of drug-likeness (QED) is 0.673. The van der Waals surface area contributed by atoms with Gasteiger partial charge in [0.15, 0.2) is 0 Å². The van der Waals surface area contributed by atoms with Crippen LogP contribution in [0.15, 0.2) is 41.3 Å². The van der Waals surface area contributed by atoms with Gasteiger partial charge in [0.25, 0.3) is 15.9 Å². The van der Waals surface area contributed by atoms with Gasteiger partial charge < -0.3 is 14.8 Å². The van der Waals surface area contributed by atoms with E-state index in [4.69, 9.17) is 9.47 Å². The molecule has 2 aromatic carbocycles. The van der Waals surface area contributed by atoms with Crippen molar-refractivity contribution in [2.24, 2.45) is 0 Å². The lowest BCUT2D eigenvalue weighted by molar-refractivity contribution is 0.0936. The topological polar surface area (TPSA) is 93.7 Å². The summed E-state index contributed by atoms with van der Waals surface area (Å²) in [6.45, 7) is 4.31. The van der Waals surface area contributed by atoms with E-state index in [9.17, 15) is 13.2 Å². The van der Waals surface area contributed by atoms with E-state index < -0.39 is 10.0 Å². The number of methoxy groups -OCH3 is 2. The highest BCUT2D eigenvalue weighted by molar-refractivity contribution is 7.92. The van der Waals surface area contributed by atoms with Gasteiger partial charge in [-0.15, -0.1) is 0 Å². The molecule has 0 radical (unpaired) electrons. The Kier molecular flexibility index (Phi) is 6.81. The molecule has 1 amide bonds. The van der Waals surface area contributed by atoms with E-state index in [1.54, 1.807) is 25.1 Å². The lowest BCUT2D eigenvalue weighted by atomic mass is 10.1. The van der Waals surface area contributed by atoms with Crippen molar-refractivity contribution < 1.29 is 22.7 Å². The Balaban J connectivity index is 2.33. The lowest BCUT2D eigenvalue weighted by Crippen LogP contribution is -2.28. The maximum atomic E-state index is 12.8. The standard InChI is InChI=1S/C19H24N2O5S/c1-13-5-8-18(26-4)17(11-13)21-27(23,24)15-7-6-14(2)16(12-15)19(22)20-9-10-25-3/h5-8,11-12,21H,9-10H2,1-4H3,(H,20,22). The van der Waals surface area contributed by atoms with Crippen LogP contribution in [0.25, 0.3) is 0 Å². The molecule has 0 aliphatic heterocycles. The first kappa shape index (κ1) is 20.7. The largest absolute Gasteiger partial charge is 0.495 e. The molecule has 2 aromatic rings. The molecule has 0 bridgehead atoms. The van der Waals surface area contributed by atoms with Crippen molar-refractivity contribution in [3.8, 4) is 5.75 Å². The third kappa shape index (κ3) is 5.21. The van der Waals surface area contributed by atoms with E-state index in [1.807, 2.05) is 13.0 Å². The summed E-state index contributed by atoms with van der Waals surface area (Å²) in [5.74, 6) is 0.0588. The van der Waals surface area contributed by atoms with Crippen LogP contribution in [0.2, 0.25) is 0 Å². The van der Waals surface area contributed by atoms with Crippen molar-refractivity contribution >= 4 is 21.6 Å². The molecule has 146 valence electrons. The zero-order valence-corrected chi connectivity index (χ0v) is 16.6. The molecule has 0 atom stereocenters. The second kappa shape index (κ2) is 8.88. The van der Waals surface area contributed by atoms with Crippen LogP contribution >= 0.6 is 0 Å². The zero-order chi connectivity index (χ0) is 20.0. The molecule has 0 saturated heterocycles. The molecule has 27 heavy (non-hydrogen) atoms. The van der Waals surface area contributed by atoms with Gasteiger partial charge in [-0.25, -0.2) is 8.42 Å². The molecule has 0 heterocycles. The number of aryl methyl sites for hydroxylation is 2. The number of hydrogen-bond donors (Lipinski definition) is 2. The van der Waals surface area contributed by atoms with Crippen molar-refractivity contribution in [3.63, 3.8) is 0 Å². The minimum absolute atomic E-state index is 0.00597. The number of benzene rings is 2. The fraction of sp³-hybridized carbons (Fsp3) is 0.316. The number of ether oxygens (including phenoxy) is 2. The second-order valence-electron chi connectivity index (χ2n) is 6.03. The molecule has 2 rings (SSSR count). The summed E-state index contributed by atoms with van der Waals surface area (Å²) in [5.41, 5.74) is 2.20. The number of carbonyl (C=O) groups is 1. The number of sulfonamides is 1. The molecule has 0 fully saturated rings. The Bertz CT molecular complexity index is 926. The van der Waals surface area contributed by atoms with Crippen LogP contribution in [0.3, 0.4) is 0 Å². The molecule has 2 N–H and O–H groups in total. The van der Waals surface area contributed by atoms with Gasteiger partial charge in [-0.3, -0.25) is 9.52 Å². The number of rotatable bonds is 8. The number of carbonyl (C=O) groups excluding carboxylic acids is 1. The molecule has 8 heteroatoms. The van der Waals surface area contributed by atoms with E-state index in [0.29, 0.717) is 35.7 Å². The smallest absolute Gasteiger partial charge is 0.262 e. The maximum Gasteiger partial charge on any atom is 0.262 e. The van der Waals surface area contributed by atoms with Crippen LogP contribution in [0.4, 0.5) is 5.69 Å². The number of hydrogen-bond acceptors (Lipinski definition) is 5. The summed E-state index contributed by atoms with van der Waals surface area (Å²) < 4.78 is 38.3. The van der Waals surface area contributed by atoms with Gasteiger partial charge in [-0.2, -0.15) is 0 Å². The molecule has 0 aliphatic rings. The number of anilines is 1. The van der Waals surface area contributed by atoms with E-state index in [0.717, 1.165) is 5.56 Å². The average molecular weight is 392 g/mol. The average Bonchev–Trinajstić information content (AvgIpc) is 2.62. The zero-order valence-electron chi connectivity index (χ0n) is 15.8. The van der Waals surface area contributed by atoms with Crippen molar-refractivity contribution in [2.45, 2.75) is 18.7 Å². The molecule has 0 aromatic heterocycles. The van der Waals surface area contributed by atoms with Gasteiger partial charge in [0.05, 0.1) is 24.3 Å². The van der Waals surface area contributed by atoms with Crippen LogP contribution in [0.1, 0.15) is 21.5 Å². The summed E-state index contributed by atoms with van der Waals surface area (Å²) >= 11 is 0. The van der Waals surface area contributed by atoms with Crippen LogP contribution in [-0.4, -0.2) is 41.7 Å². The van der Waals surface area contributed by atoms with Gasteiger partial charge >= 0.3 is 0 Å². The first-order valence-corrected chi connectivity index (χ1v) is 9.82. The first-order chi connectivity index (χ1) is 12.8. The predicted octanol–water partition coefficient (Wildman–Crippen LogP) is 2.49.